The van der Waals surface area contributed by atoms with Gasteiger partial charge in [0.1, 0.15) is 11.5 Å². The minimum atomic E-state index is -3.92. The molecule has 154 valence electrons. The maximum absolute atomic E-state index is 13.4. The van der Waals surface area contributed by atoms with Gasteiger partial charge in [0.15, 0.2) is 5.65 Å². The summed E-state index contributed by atoms with van der Waals surface area (Å²) in [6.45, 7) is -2.57. The van der Waals surface area contributed by atoms with Crippen molar-refractivity contribution in [3.63, 3.8) is 0 Å². The highest BCUT2D eigenvalue weighted by molar-refractivity contribution is 7.90. The monoisotopic (exact) mass is 436 g/mol. The number of benzene rings is 1. The fourth-order valence-corrected chi connectivity index (χ4v) is 4.75. The van der Waals surface area contributed by atoms with Crippen LogP contribution in [-0.2, 0) is 17.0 Å². The number of hydrogen-bond acceptors (Lipinski definition) is 5. The number of rotatable bonds is 4. The molecule has 7 nitrogen and oxygen atoms in total. The summed E-state index contributed by atoms with van der Waals surface area (Å²) in [5.74, 6) is -0.546. The number of nitrogens with zero attached hydrogens (tertiary/aromatic N) is 5. The fraction of sp³-hybridized carbons (Fsp3) is 0.0455. The van der Waals surface area contributed by atoms with Gasteiger partial charge in [-0.1, -0.05) is 18.2 Å². The Kier molecular flexibility index (Phi) is 3.66. The number of pyridine rings is 2. The Morgan fingerprint density at radius 1 is 1.00 bits per heavy atom. The fourth-order valence-electron chi connectivity index (χ4n) is 3.43. The lowest BCUT2D eigenvalue weighted by Gasteiger charge is -2.08. The van der Waals surface area contributed by atoms with Crippen LogP contribution in [0.3, 0.4) is 0 Å². The van der Waals surface area contributed by atoms with Crippen molar-refractivity contribution in [2.45, 2.75) is 4.90 Å². The van der Waals surface area contributed by atoms with Gasteiger partial charge in [-0.05, 0) is 42.0 Å². The molecular formula is C22H16FN5O2S. The van der Waals surface area contributed by atoms with Crippen LogP contribution in [0.4, 0.5) is 4.39 Å². The van der Waals surface area contributed by atoms with E-state index in [0.717, 1.165) is 14.9 Å². The van der Waals surface area contributed by atoms with Crippen molar-refractivity contribution in [3.8, 4) is 22.5 Å². The number of hydrogen-bond donors (Lipinski definition) is 0. The van der Waals surface area contributed by atoms with Crippen LogP contribution in [0.2, 0.25) is 0 Å². The minimum Gasteiger partial charge on any atom is -0.274 e. The molecule has 4 heterocycles. The number of aryl methyl sites for hydroxylation is 1. The van der Waals surface area contributed by atoms with E-state index in [1.54, 1.807) is 30.3 Å². The molecule has 0 bridgehead atoms. The van der Waals surface area contributed by atoms with Crippen LogP contribution in [0.1, 0.15) is 4.11 Å². The van der Waals surface area contributed by atoms with Crippen LogP contribution in [0.5, 0.6) is 0 Å². The van der Waals surface area contributed by atoms with E-state index in [2.05, 4.69) is 15.1 Å². The van der Waals surface area contributed by atoms with E-state index >= 15 is 0 Å². The minimum absolute atomic E-state index is 0.103. The van der Waals surface area contributed by atoms with Gasteiger partial charge >= 0.3 is 0 Å². The van der Waals surface area contributed by atoms with Gasteiger partial charge in [-0.25, -0.2) is 21.8 Å². The summed E-state index contributed by atoms with van der Waals surface area (Å²) in [6, 6.07) is 13.8. The van der Waals surface area contributed by atoms with Crippen LogP contribution in [0.15, 0.2) is 84.3 Å². The van der Waals surface area contributed by atoms with E-state index in [1.165, 1.54) is 42.9 Å². The lowest BCUT2D eigenvalue weighted by molar-refractivity contribution is 0.588. The Bertz CT molecular complexity index is 1610. The third kappa shape index (κ3) is 3.19. The predicted octanol–water partition coefficient (Wildman–Crippen LogP) is 3.87. The Morgan fingerprint density at radius 3 is 2.58 bits per heavy atom. The smallest absolute Gasteiger partial charge is 0.269 e. The molecule has 0 fully saturated rings. The molecule has 0 aliphatic heterocycles. The van der Waals surface area contributed by atoms with Gasteiger partial charge in [-0.2, -0.15) is 5.10 Å². The first-order valence-corrected chi connectivity index (χ1v) is 10.6. The molecule has 0 N–H and O–H groups in total. The van der Waals surface area contributed by atoms with Gasteiger partial charge in [0.05, 0.1) is 16.8 Å². The average molecular weight is 436 g/mol. The van der Waals surface area contributed by atoms with E-state index in [9.17, 15) is 12.8 Å². The van der Waals surface area contributed by atoms with E-state index in [0.29, 0.717) is 16.5 Å². The van der Waals surface area contributed by atoms with Gasteiger partial charge in [-0.15, -0.1) is 0 Å². The van der Waals surface area contributed by atoms with Crippen molar-refractivity contribution in [1.82, 2.24) is 23.7 Å². The summed E-state index contributed by atoms with van der Waals surface area (Å²) >= 11 is 0. The Balaban J connectivity index is 1.73. The summed E-state index contributed by atoms with van der Waals surface area (Å²) in [7, 11) is -3.92. The summed E-state index contributed by atoms with van der Waals surface area (Å²) < 4.78 is 65.0. The maximum atomic E-state index is 13.4. The molecule has 0 saturated carbocycles. The molecule has 0 aliphatic rings. The first-order chi connectivity index (χ1) is 16.2. The summed E-state index contributed by atoms with van der Waals surface area (Å²) in [4.78, 5) is 8.41. The molecular weight excluding hydrogens is 417 g/mol. The topological polar surface area (TPSA) is 82.7 Å². The SMILES string of the molecule is [2H]C([2H])([2H])n1cc(-c2ccnc3c2ccn3S(=O)(=O)c2ccccc2)c(-c2ccc(F)cn2)n1. The second-order valence-electron chi connectivity index (χ2n) is 6.72. The van der Waals surface area contributed by atoms with Gasteiger partial charge in [0, 0.05) is 40.6 Å². The number of aromatic nitrogens is 5. The molecule has 0 radical (unpaired) electrons. The van der Waals surface area contributed by atoms with Gasteiger partial charge in [0.25, 0.3) is 10.0 Å². The standard InChI is InChI=1S/C22H16FN5O2S/c1-27-14-19(21(26-27)20-8-7-15(23)13-25-20)17-9-11-24-22-18(17)10-12-28(22)31(29,30)16-5-3-2-4-6-16/h2-14H,1H3/i1D3. The largest absolute Gasteiger partial charge is 0.274 e. The molecule has 0 saturated heterocycles. The number of halogens is 1. The molecule has 0 aliphatic carbocycles. The second kappa shape index (κ2) is 7.13. The van der Waals surface area contributed by atoms with Gasteiger partial charge < -0.3 is 0 Å². The highest BCUT2D eigenvalue weighted by Crippen LogP contribution is 2.35. The van der Waals surface area contributed by atoms with Crippen molar-refractivity contribution in [1.29, 1.82) is 0 Å². The summed E-state index contributed by atoms with van der Waals surface area (Å²) in [5.41, 5.74) is 1.53. The van der Waals surface area contributed by atoms with Crippen molar-refractivity contribution >= 4 is 21.1 Å². The van der Waals surface area contributed by atoms with E-state index in [-0.39, 0.29) is 21.9 Å². The van der Waals surface area contributed by atoms with Gasteiger partial charge in [-0.3, -0.25) is 9.67 Å². The molecule has 5 rings (SSSR count). The van der Waals surface area contributed by atoms with Crippen LogP contribution in [0, 0.1) is 5.82 Å². The highest BCUT2D eigenvalue weighted by Gasteiger charge is 2.22. The zero-order valence-corrected chi connectivity index (χ0v) is 16.7. The maximum Gasteiger partial charge on any atom is 0.269 e. The normalized spacial score (nSPS) is 13.6. The van der Waals surface area contributed by atoms with Crippen LogP contribution >= 0.6 is 0 Å². The molecule has 4 aromatic heterocycles. The van der Waals surface area contributed by atoms with Crippen molar-refractivity contribution in [2.75, 3.05) is 0 Å². The van der Waals surface area contributed by atoms with Crippen LogP contribution in [0.25, 0.3) is 33.5 Å². The summed E-state index contributed by atoms with van der Waals surface area (Å²) in [5, 5.41) is 4.66. The molecule has 0 atom stereocenters. The zero-order valence-electron chi connectivity index (χ0n) is 18.8. The molecule has 0 unspecified atom stereocenters. The Labute approximate surface area is 181 Å². The quantitative estimate of drug-likeness (QED) is 0.427. The number of fused-ring (bicyclic) bond motifs is 1. The third-order valence-electron chi connectivity index (χ3n) is 4.83. The van der Waals surface area contributed by atoms with E-state index < -0.39 is 22.8 Å². The molecule has 0 spiro atoms. The molecule has 5 aromatic rings. The predicted molar refractivity (Wildman–Crippen MR) is 114 cm³/mol. The second-order valence-corrected chi connectivity index (χ2v) is 8.54. The first-order valence-electron chi connectivity index (χ1n) is 10.7. The van der Waals surface area contributed by atoms with Crippen LogP contribution < -0.4 is 0 Å². The van der Waals surface area contributed by atoms with Crippen LogP contribution in [-0.4, -0.2) is 32.1 Å². The Hall–Kier alpha value is -3.85. The van der Waals surface area contributed by atoms with Gasteiger partial charge in [0.2, 0.25) is 0 Å². The van der Waals surface area contributed by atoms with Crippen molar-refractivity contribution in [3.05, 3.63) is 85.2 Å². The molecule has 1 aromatic carbocycles. The molecule has 9 heteroatoms. The average Bonchev–Trinajstić information content (AvgIpc) is 3.45. The highest BCUT2D eigenvalue weighted by atomic mass is 32.2. The van der Waals surface area contributed by atoms with E-state index in [1.807, 2.05) is 0 Å². The lowest BCUT2D eigenvalue weighted by Crippen LogP contribution is -2.12. The summed E-state index contributed by atoms with van der Waals surface area (Å²) in [6.07, 6.45) is 5.18. The van der Waals surface area contributed by atoms with Crippen molar-refractivity contribution in [2.24, 2.45) is 6.98 Å². The zero-order chi connectivity index (χ0) is 24.1. The van der Waals surface area contributed by atoms with E-state index in [4.69, 9.17) is 4.11 Å². The third-order valence-corrected chi connectivity index (χ3v) is 6.51. The van der Waals surface area contributed by atoms with Crippen molar-refractivity contribution < 1.29 is 16.9 Å². The lowest BCUT2D eigenvalue weighted by atomic mass is 10.0. The first kappa shape index (κ1) is 15.9. The molecule has 31 heavy (non-hydrogen) atoms. The molecule has 0 amide bonds. The Morgan fingerprint density at radius 2 is 1.84 bits per heavy atom.